The van der Waals surface area contributed by atoms with Crippen LogP contribution in [0.25, 0.3) is 0 Å². The van der Waals surface area contributed by atoms with Gasteiger partial charge in [0.25, 0.3) is 17.7 Å². The van der Waals surface area contributed by atoms with Crippen LogP contribution in [-0.2, 0) is 0 Å². The number of imide groups is 1. The predicted molar refractivity (Wildman–Crippen MR) is 103 cm³/mol. The molecule has 0 spiro atoms. The van der Waals surface area contributed by atoms with Crippen molar-refractivity contribution < 1.29 is 19.1 Å². The molecule has 0 aliphatic carbocycles. The van der Waals surface area contributed by atoms with E-state index in [1.165, 1.54) is 24.1 Å². The van der Waals surface area contributed by atoms with Gasteiger partial charge >= 0.3 is 0 Å². The first-order chi connectivity index (χ1) is 12.8. The normalized spacial score (nSPS) is 13.1. The number of carbonyl (C=O) groups is 3. The van der Waals surface area contributed by atoms with Crippen molar-refractivity contribution in [1.82, 2.24) is 4.90 Å². The van der Waals surface area contributed by atoms with Gasteiger partial charge in [-0.3, -0.25) is 19.3 Å². The topological polar surface area (TPSA) is 75.7 Å². The number of halogens is 1. The van der Waals surface area contributed by atoms with Crippen LogP contribution in [0, 0.1) is 5.92 Å². The van der Waals surface area contributed by atoms with E-state index < -0.39 is 5.91 Å². The molecule has 0 unspecified atom stereocenters. The van der Waals surface area contributed by atoms with E-state index in [0.717, 1.165) is 0 Å². The Morgan fingerprint density at radius 3 is 2.48 bits per heavy atom. The Balaban J connectivity index is 1.87. The Morgan fingerprint density at radius 1 is 1.11 bits per heavy atom. The highest BCUT2D eigenvalue weighted by Gasteiger charge is 2.35. The third-order valence-corrected chi connectivity index (χ3v) is 4.42. The highest BCUT2D eigenvalue weighted by atomic mass is 35.5. The molecule has 0 atom stereocenters. The molecule has 3 rings (SSSR count). The summed E-state index contributed by atoms with van der Waals surface area (Å²) in [6, 6.07) is 9.40. The Hall–Kier alpha value is -2.86. The maximum Gasteiger partial charge on any atom is 0.261 e. The maximum atomic E-state index is 12.6. The van der Waals surface area contributed by atoms with Crippen molar-refractivity contribution in [3.8, 4) is 5.75 Å². The molecule has 0 saturated heterocycles. The molecule has 0 radical (unpaired) electrons. The molecule has 3 amide bonds. The Bertz CT molecular complexity index is 940. The van der Waals surface area contributed by atoms with Crippen LogP contribution in [0.5, 0.6) is 5.75 Å². The first-order valence-corrected chi connectivity index (χ1v) is 8.84. The minimum absolute atomic E-state index is 0.168. The van der Waals surface area contributed by atoms with Gasteiger partial charge in [0.2, 0.25) is 0 Å². The standard InChI is InChI=1S/C20H19ClN2O4/c1-11(2)10-23-19(25)14-6-5-13(9-15(14)20(23)26)22-18(24)16-8-12(21)4-7-17(16)27-3/h4-9,11H,10H2,1-3H3,(H,22,24). The van der Waals surface area contributed by atoms with E-state index in [9.17, 15) is 14.4 Å². The number of benzene rings is 2. The summed E-state index contributed by atoms with van der Waals surface area (Å²) in [7, 11) is 1.46. The van der Waals surface area contributed by atoms with Crippen LogP contribution < -0.4 is 10.1 Å². The number of amides is 3. The van der Waals surface area contributed by atoms with Gasteiger partial charge in [0.15, 0.2) is 0 Å². The summed E-state index contributed by atoms with van der Waals surface area (Å²) < 4.78 is 5.19. The third-order valence-electron chi connectivity index (χ3n) is 4.18. The van der Waals surface area contributed by atoms with Crippen LogP contribution in [0.15, 0.2) is 36.4 Å². The van der Waals surface area contributed by atoms with Gasteiger partial charge in [-0.1, -0.05) is 25.4 Å². The van der Waals surface area contributed by atoms with Crippen molar-refractivity contribution in [1.29, 1.82) is 0 Å². The lowest BCUT2D eigenvalue weighted by atomic mass is 10.1. The van der Waals surface area contributed by atoms with Gasteiger partial charge in [-0.15, -0.1) is 0 Å². The largest absolute Gasteiger partial charge is 0.496 e. The van der Waals surface area contributed by atoms with Gasteiger partial charge in [0.1, 0.15) is 5.75 Å². The number of methoxy groups -OCH3 is 1. The molecule has 1 aliphatic heterocycles. The summed E-state index contributed by atoms with van der Waals surface area (Å²) >= 11 is 5.97. The SMILES string of the molecule is COc1ccc(Cl)cc1C(=O)Nc1ccc2c(c1)C(=O)N(CC(C)C)C2=O. The molecule has 1 aliphatic rings. The number of ether oxygens (including phenoxy) is 1. The molecule has 7 heteroatoms. The van der Waals surface area contributed by atoms with E-state index >= 15 is 0 Å². The number of nitrogens with one attached hydrogen (secondary N) is 1. The number of rotatable bonds is 5. The van der Waals surface area contributed by atoms with Crippen molar-refractivity contribution in [3.63, 3.8) is 0 Å². The minimum Gasteiger partial charge on any atom is -0.496 e. The smallest absolute Gasteiger partial charge is 0.261 e. The molecule has 27 heavy (non-hydrogen) atoms. The number of anilines is 1. The highest BCUT2D eigenvalue weighted by molar-refractivity contribution is 6.31. The predicted octanol–water partition coefficient (Wildman–Crippen LogP) is 3.85. The molecule has 0 bridgehead atoms. The first-order valence-electron chi connectivity index (χ1n) is 8.47. The van der Waals surface area contributed by atoms with E-state index in [2.05, 4.69) is 5.32 Å². The molecular formula is C20H19ClN2O4. The molecule has 0 aromatic heterocycles. The molecule has 1 heterocycles. The quantitative estimate of drug-likeness (QED) is 0.792. The average Bonchev–Trinajstić information content (AvgIpc) is 2.86. The number of hydrogen-bond acceptors (Lipinski definition) is 4. The zero-order valence-corrected chi connectivity index (χ0v) is 16.0. The van der Waals surface area contributed by atoms with Crippen LogP contribution in [0.4, 0.5) is 5.69 Å². The van der Waals surface area contributed by atoms with Gasteiger partial charge in [0, 0.05) is 17.3 Å². The second kappa shape index (κ2) is 7.40. The van der Waals surface area contributed by atoms with Crippen LogP contribution in [0.1, 0.15) is 44.9 Å². The summed E-state index contributed by atoms with van der Waals surface area (Å²) in [6.45, 7) is 4.23. The van der Waals surface area contributed by atoms with Crippen LogP contribution in [0.3, 0.4) is 0 Å². The van der Waals surface area contributed by atoms with E-state index in [0.29, 0.717) is 28.6 Å². The summed E-state index contributed by atoms with van der Waals surface area (Å²) in [5, 5.41) is 3.12. The zero-order chi connectivity index (χ0) is 19.7. The number of nitrogens with zero attached hydrogens (tertiary/aromatic N) is 1. The molecule has 2 aromatic carbocycles. The fourth-order valence-corrected chi connectivity index (χ4v) is 3.13. The summed E-state index contributed by atoms with van der Waals surface area (Å²) in [4.78, 5) is 38.8. The van der Waals surface area contributed by atoms with Crippen LogP contribution in [0.2, 0.25) is 5.02 Å². The van der Waals surface area contributed by atoms with E-state index in [-0.39, 0.29) is 28.9 Å². The number of carbonyl (C=O) groups excluding carboxylic acids is 3. The van der Waals surface area contributed by atoms with Gasteiger partial charge in [-0.2, -0.15) is 0 Å². The molecule has 140 valence electrons. The number of fused-ring (bicyclic) bond motifs is 1. The molecule has 6 nitrogen and oxygen atoms in total. The lowest BCUT2D eigenvalue weighted by Gasteiger charge is -2.15. The van der Waals surface area contributed by atoms with Gasteiger partial charge in [-0.05, 0) is 42.3 Å². The molecule has 0 fully saturated rings. The fourth-order valence-electron chi connectivity index (χ4n) is 2.96. The minimum atomic E-state index is -0.426. The van der Waals surface area contributed by atoms with Crippen molar-refractivity contribution >= 4 is 35.0 Å². The molecular weight excluding hydrogens is 368 g/mol. The van der Waals surface area contributed by atoms with E-state index in [4.69, 9.17) is 16.3 Å². The summed E-state index contributed by atoms with van der Waals surface area (Å²) in [6.07, 6.45) is 0. The van der Waals surface area contributed by atoms with E-state index in [1.54, 1.807) is 24.3 Å². The third kappa shape index (κ3) is 3.66. The van der Waals surface area contributed by atoms with Gasteiger partial charge < -0.3 is 10.1 Å². The fraction of sp³-hybridized carbons (Fsp3) is 0.250. The lowest BCUT2D eigenvalue weighted by Crippen LogP contribution is -2.33. The van der Waals surface area contributed by atoms with Crippen molar-refractivity contribution in [2.24, 2.45) is 5.92 Å². The Morgan fingerprint density at radius 2 is 1.81 bits per heavy atom. The second-order valence-electron chi connectivity index (χ2n) is 6.67. The second-order valence-corrected chi connectivity index (χ2v) is 7.11. The van der Waals surface area contributed by atoms with Gasteiger partial charge in [0.05, 0.1) is 23.8 Å². The highest BCUT2D eigenvalue weighted by Crippen LogP contribution is 2.28. The molecule has 0 saturated carbocycles. The zero-order valence-electron chi connectivity index (χ0n) is 15.2. The van der Waals surface area contributed by atoms with E-state index in [1.807, 2.05) is 13.8 Å². The summed E-state index contributed by atoms with van der Waals surface area (Å²) in [5.74, 6) is -0.530. The number of hydrogen-bond donors (Lipinski definition) is 1. The molecule has 1 N–H and O–H groups in total. The Labute approximate surface area is 162 Å². The monoisotopic (exact) mass is 386 g/mol. The van der Waals surface area contributed by atoms with Crippen LogP contribution in [-0.4, -0.2) is 36.3 Å². The van der Waals surface area contributed by atoms with Gasteiger partial charge in [-0.25, -0.2) is 0 Å². The Kier molecular flexibility index (Phi) is 5.19. The maximum absolute atomic E-state index is 12.6. The first kappa shape index (κ1) is 18.9. The van der Waals surface area contributed by atoms with Crippen molar-refractivity contribution in [3.05, 3.63) is 58.1 Å². The van der Waals surface area contributed by atoms with Crippen molar-refractivity contribution in [2.75, 3.05) is 19.0 Å². The van der Waals surface area contributed by atoms with Crippen molar-refractivity contribution in [2.45, 2.75) is 13.8 Å². The average molecular weight is 387 g/mol. The lowest BCUT2D eigenvalue weighted by molar-refractivity contribution is 0.0636. The summed E-state index contributed by atoms with van der Waals surface area (Å²) in [5.41, 5.74) is 1.32. The van der Waals surface area contributed by atoms with Crippen LogP contribution >= 0.6 is 11.6 Å². The molecule has 2 aromatic rings.